The standard InChI is InChI=1S/C19H18FN5O2S/c1-12-23-24-19(25(12)17-8-4-7-16(10-17)21-13(2)26)28-11-18(27)22-15-6-3-5-14(20)9-15/h3-10H,11H2,1-2H3,(H,21,26)(H,22,27). The number of hydrogen-bond acceptors (Lipinski definition) is 5. The van der Waals surface area contributed by atoms with Gasteiger partial charge in [0.15, 0.2) is 5.16 Å². The largest absolute Gasteiger partial charge is 0.326 e. The average Bonchev–Trinajstić information content (AvgIpc) is 3.00. The number of carbonyl (C=O) groups excluding carboxylic acids is 2. The molecule has 0 atom stereocenters. The highest BCUT2D eigenvalue weighted by atomic mass is 32.2. The summed E-state index contributed by atoms with van der Waals surface area (Å²) in [6, 6.07) is 13.0. The average molecular weight is 399 g/mol. The third-order valence-electron chi connectivity index (χ3n) is 3.66. The highest BCUT2D eigenvalue weighted by Gasteiger charge is 2.14. The van der Waals surface area contributed by atoms with Crippen molar-refractivity contribution in [2.45, 2.75) is 19.0 Å². The SMILES string of the molecule is CC(=O)Nc1cccc(-n2c(C)nnc2SCC(=O)Nc2cccc(F)c2)c1. The van der Waals surface area contributed by atoms with Crippen LogP contribution in [-0.2, 0) is 9.59 Å². The predicted molar refractivity (Wildman–Crippen MR) is 106 cm³/mol. The summed E-state index contributed by atoms with van der Waals surface area (Å²) in [4.78, 5) is 23.4. The van der Waals surface area contributed by atoms with Crippen LogP contribution in [0.2, 0.25) is 0 Å². The van der Waals surface area contributed by atoms with Crippen molar-refractivity contribution >= 4 is 35.0 Å². The molecule has 1 heterocycles. The molecule has 9 heteroatoms. The molecule has 2 aromatic carbocycles. The smallest absolute Gasteiger partial charge is 0.234 e. The topological polar surface area (TPSA) is 88.9 Å². The van der Waals surface area contributed by atoms with Crippen LogP contribution in [0.1, 0.15) is 12.7 Å². The lowest BCUT2D eigenvalue weighted by atomic mass is 10.2. The van der Waals surface area contributed by atoms with E-state index in [-0.39, 0.29) is 17.6 Å². The van der Waals surface area contributed by atoms with Gasteiger partial charge in [-0.1, -0.05) is 23.9 Å². The van der Waals surface area contributed by atoms with Crippen LogP contribution in [0.4, 0.5) is 15.8 Å². The summed E-state index contributed by atoms with van der Waals surface area (Å²) in [5, 5.41) is 14.1. The van der Waals surface area contributed by atoms with Crippen LogP contribution in [0.5, 0.6) is 0 Å². The third-order valence-corrected chi connectivity index (χ3v) is 4.59. The summed E-state index contributed by atoms with van der Waals surface area (Å²) in [7, 11) is 0. The van der Waals surface area contributed by atoms with Gasteiger partial charge in [0.25, 0.3) is 0 Å². The first-order chi connectivity index (χ1) is 13.4. The fourth-order valence-corrected chi connectivity index (χ4v) is 3.35. The Hall–Kier alpha value is -3.20. The predicted octanol–water partition coefficient (Wildman–Crippen LogP) is 3.40. The van der Waals surface area contributed by atoms with Crippen molar-refractivity contribution in [1.29, 1.82) is 0 Å². The molecule has 144 valence electrons. The Balaban J connectivity index is 1.73. The van der Waals surface area contributed by atoms with E-state index in [1.54, 1.807) is 29.7 Å². The zero-order chi connectivity index (χ0) is 20.1. The Bertz CT molecular complexity index is 1020. The number of aromatic nitrogens is 3. The molecular formula is C19H18FN5O2S. The molecule has 0 fully saturated rings. The molecule has 0 spiro atoms. The van der Waals surface area contributed by atoms with Gasteiger partial charge in [-0.2, -0.15) is 0 Å². The molecular weight excluding hydrogens is 381 g/mol. The number of halogens is 1. The zero-order valence-electron chi connectivity index (χ0n) is 15.3. The number of nitrogens with zero attached hydrogens (tertiary/aromatic N) is 3. The monoisotopic (exact) mass is 399 g/mol. The van der Waals surface area contributed by atoms with Crippen LogP contribution in [0.25, 0.3) is 5.69 Å². The number of nitrogens with one attached hydrogen (secondary N) is 2. The summed E-state index contributed by atoms with van der Waals surface area (Å²) in [5.74, 6) is -0.135. The second kappa shape index (κ2) is 8.66. The van der Waals surface area contributed by atoms with Crippen molar-refractivity contribution in [3.8, 4) is 5.69 Å². The van der Waals surface area contributed by atoms with Crippen LogP contribution in [-0.4, -0.2) is 32.3 Å². The van der Waals surface area contributed by atoms with Gasteiger partial charge < -0.3 is 10.6 Å². The van der Waals surface area contributed by atoms with Crippen molar-refractivity contribution in [3.63, 3.8) is 0 Å². The number of thioether (sulfide) groups is 1. The maximum absolute atomic E-state index is 13.2. The molecule has 7 nitrogen and oxygen atoms in total. The van der Waals surface area contributed by atoms with Crippen molar-refractivity contribution in [3.05, 3.63) is 60.2 Å². The normalized spacial score (nSPS) is 10.5. The first kappa shape index (κ1) is 19.6. The quantitative estimate of drug-likeness (QED) is 0.620. The number of rotatable bonds is 6. The van der Waals surface area contributed by atoms with E-state index >= 15 is 0 Å². The Morgan fingerprint density at radius 3 is 2.50 bits per heavy atom. The van der Waals surface area contributed by atoms with Crippen LogP contribution in [0.15, 0.2) is 53.7 Å². The van der Waals surface area contributed by atoms with Crippen molar-refractivity contribution in [1.82, 2.24) is 14.8 Å². The summed E-state index contributed by atoms with van der Waals surface area (Å²) in [6.07, 6.45) is 0. The molecule has 0 aliphatic rings. The van der Waals surface area contributed by atoms with Crippen LogP contribution < -0.4 is 10.6 Å². The Kier molecular flexibility index (Phi) is 6.05. The summed E-state index contributed by atoms with van der Waals surface area (Å²) < 4.78 is 15.0. The molecule has 0 radical (unpaired) electrons. The number of benzene rings is 2. The van der Waals surface area contributed by atoms with E-state index in [1.165, 1.54) is 36.9 Å². The third kappa shape index (κ3) is 4.95. The second-order valence-electron chi connectivity index (χ2n) is 5.94. The van der Waals surface area contributed by atoms with Crippen LogP contribution in [0.3, 0.4) is 0 Å². The fourth-order valence-electron chi connectivity index (χ4n) is 2.55. The summed E-state index contributed by atoms with van der Waals surface area (Å²) in [6.45, 7) is 3.24. The van der Waals surface area contributed by atoms with Gasteiger partial charge in [-0.15, -0.1) is 10.2 Å². The maximum atomic E-state index is 13.2. The van der Waals surface area contributed by atoms with Crippen molar-refractivity contribution < 1.29 is 14.0 Å². The van der Waals surface area contributed by atoms with E-state index in [0.717, 1.165) is 5.69 Å². The molecule has 2 amide bonds. The minimum absolute atomic E-state index is 0.0834. The molecule has 1 aromatic heterocycles. The second-order valence-corrected chi connectivity index (χ2v) is 6.89. The van der Waals surface area contributed by atoms with E-state index in [0.29, 0.717) is 22.4 Å². The van der Waals surface area contributed by atoms with E-state index in [2.05, 4.69) is 20.8 Å². The van der Waals surface area contributed by atoms with Gasteiger partial charge in [-0.25, -0.2) is 4.39 Å². The van der Waals surface area contributed by atoms with E-state index in [4.69, 9.17) is 0 Å². The van der Waals surface area contributed by atoms with Crippen molar-refractivity contribution in [2.24, 2.45) is 0 Å². The van der Waals surface area contributed by atoms with Gasteiger partial charge in [0.1, 0.15) is 11.6 Å². The van der Waals surface area contributed by atoms with E-state index < -0.39 is 5.82 Å². The van der Waals surface area contributed by atoms with Crippen molar-refractivity contribution in [2.75, 3.05) is 16.4 Å². The van der Waals surface area contributed by atoms with E-state index in [1.807, 2.05) is 12.1 Å². The molecule has 0 unspecified atom stereocenters. The molecule has 0 aliphatic heterocycles. The van der Waals surface area contributed by atoms with Crippen LogP contribution in [0, 0.1) is 12.7 Å². The lowest BCUT2D eigenvalue weighted by Gasteiger charge is -2.10. The summed E-state index contributed by atoms with van der Waals surface area (Å²) in [5.41, 5.74) is 1.81. The van der Waals surface area contributed by atoms with Gasteiger partial charge in [0.2, 0.25) is 11.8 Å². The fraction of sp³-hybridized carbons (Fsp3) is 0.158. The maximum Gasteiger partial charge on any atom is 0.234 e. The molecule has 3 aromatic rings. The minimum atomic E-state index is -0.417. The number of amides is 2. The Labute approximate surface area is 165 Å². The molecule has 0 saturated carbocycles. The lowest BCUT2D eigenvalue weighted by molar-refractivity contribution is -0.114. The zero-order valence-corrected chi connectivity index (χ0v) is 16.1. The van der Waals surface area contributed by atoms with Gasteiger partial charge in [-0.3, -0.25) is 14.2 Å². The summed E-state index contributed by atoms with van der Waals surface area (Å²) >= 11 is 1.21. The molecule has 2 N–H and O–H groups in total. The molecule has 0 saturated heterocycles. The lowest BCUT2D eigenvalue weighted by Crippen LogP contribution is -2.14. The van der Waals surface area contributed by atoms with Crippen LogP contribution >= 0.6 is 11.8 Å². The molecule has 0 bridgehead atoms. The number of carbonyl (C=O) groups is 2. The van der Waals surface area contributed by atoms with Gasteiger partial charge in [0, 0.05) is 18.3 Å². The highest BCUT2D eigenvalue weighted by molar-refractivity contribution is 7.99. The number of aryl methyl sites for hydroxylation is 1. The number of hydrogen-bond donors (Lipinski definition) is 2. The molecule has 0 aliphatic carbocycles. The first-order valence-corrected chi connectivity index (χ1v) is 9.39. The van der Waals surface area contributed by atoms with Gasteiger partial charge in [0.05, 0.1) is 11.4 Å². The van der Waals surface area contributed by atoms with Gasteiger partial charge in [-0.05, 0) is 43.3 Å². The van der Waals surface area contributed by atoms with E-state index in [9.17, 15) is 14.0 Å². The Morgan fingerprint density at radius 1 is 1.07 bits per heavy atom. The molecule has 28 heavy (non-hydrogen) atoms. The Morgan fingerprint density at radius 2 is 1.79 bits per heavy atom. The number of anilines is 2. The van der Waals surface area contributed by atoms with Gasteiger partial charge >= 0.3 is 0 Å². The minimum Gasteiger partial charge on any atom is -0.326 e. The molecule has 3 rings (SSSR count). The highest BCUT2D eigenvalue weighted by Crippen LogP contribution is 2.24. The first-order valence-electron chi connectivity index (χ1n) is 8.40.